The summed E-state index contributed by atoms with van der Waals surface area (Å²) in [6, 6.07) is 8.43. The molecule has 2 rings (SSSR count). The van der Waals surface area contributed by atoms with Gasteiger partial charge in [0.05, 0.1) is 6.54 Å². The number of unbranched alkanes of at least 4 members (excludes halogenated alkanes) is 1. The van der Waals surface area contributed by atoms with Crippen molar-refractivity contribution >= 4 is 5.69 Å². The Bertz CT molecular complexity index is 535. The molecule has 0 saturated heterocycles. The van der Waals surface area contributed by atoms with E-state index in [2.05, 4.69) is 65.5 Å². The van der Waals surface area contributed by atoms with E-state index in [9.17, 15) is 0 Å². The lowest BCUT2D eigenvalue weighted by molar-refractivity contribution is 0.529. The first-order chi connectivity index (χ1) is 9.76. The number of tetrazole rings is 1. The van der Waals surface area contributed by atoms with Crippen LogP contribution in [-0.2, 0) is 13.1 Å². The molecule has 0 saturated carbocycles. The Balaban J connectivity index is 2.15. The van der Waals surface area contributed by atoms with Crippen LogP contribution in [0, 0.1) is 6.92 Å². The number of aromatic nitrogens is 4. The van der Waals surface area contributed by atoms with Gasteiger partial charge in [0.2, 0.25) is 0 Å². The van der Waals surface area contributed by atoms with Crippen LogP contribution in [0.1, 0.15) is 38.1 Å². The standard InChI is InChI=1S/C15H23N5/c1-4-6-11-20-15(16-17-18-20)12-19(5-2)14-10-8-7-9-13(14)3/h7-10H,4-6,11-12H2,1-3H3. The van der Waals surface area contributed by atoms with Gasteiger partial charge in [-0.15, -0.1) is 5.10 Å². The van der Waals surface area contributed by atoms with Crippen molar-refractivity contribution in [3.05, 3.63) is 35.7 Å². The minimum Gasteiger partial charge on any atom is -0.364 e. The Labute approximate surface area is 120 Å². The van der Waals surface area contributed by atoms with E-state index in [1.165, 1.54) is 11.3 Å². The quantitative estimate of drug-likeness (QED) is 0.778. The highest BCUT2D eigenvalue weighted by atomic mass is 15.5. The van der Waals surface area contributed by atoms with E-state index in [-0.39, 0.29) is 0 Å². The molecule has 0 aliphatic carbocycles. The van der Waals surface area contributed by atoms with Crippen LogP contribution in [0.3, 0.4) is 0 Å². The fourth-order valence-electron chi connectivity index (χ4n) is 2.27. The highest BCUT2D eigenvalue weighted by molar-refractivity contribution is 5.52. The van der Waals surface area contributed by atoms with E-state index in [4.69, 9.17) is 0 Å². The molecule has 0 amide bonds. The summed E-state index contributed by atoms with van der Waals surface area (Å²) in [6.07, 6.45) is 2.25. The molecule has 0 aliphatic rings. The second-order valence-corrected chi connectivity index (χ2v) is 4.97. The predicted octanol–water partition coefficient (Wildman–Crippen LogP) is 2.81. The maximum Gasteiger partial charge on any atom is 0.170 e. The lowest BCUT2D eigenvalue weighted by Gasteiger charge is -2.24. The molecular formula is C15H23N5. The van der Waals surface area contributed by atoms with E-state index < -0.39 is 0 Å². The monoisotopic (exact) mass is 273 g/mol. The number of hydrogen-bond acceptors (Lipinski definition) is 4. The smallest absolute Gasteiger partial charge is 0.170 e. The molecule has 1 aromatic carbocycles. The molecule has 0 bridgehead atoms. The van der Waals surface area contributed by atoms with Crippen molar-refractivity contribution in [2.24, 2.45) is 0 Å². The summed E-state index contributed by atoms with van der Waals surface area (Å²) >= 11 is 0. The zero-order valence-corrected chi connectivity index (χ0v) is 12.6. The molecular weight excluding hydrogens is 250 g/mol. The summed E-state index contributed by atoms with van der Waals surface area (Å²) in [5, 5.41) is 12.1. The average Bonchev–Trinajstić information content (AvgIpc) is 2.90. The predicted molar refractivity (Wildman–Crippen MR) is 80.6 cm³/mol. The Morgan fingerprint density at radius 3 is 2.70 bits per heavy atom. The number of hydrogen-bond donors (Lipinski definition) is 0. The zero-order valence-electron chi connectivity index (χ0n) is 12.6. The third-order valence-corrected chi connectivity index (χ3v) is 3.50. The van der Waals surface area contributed by atoms with E-state index in [0.29, 0.717) is 0 Å². The van der Waals surface area contributed by atoms with Gasteiger partial charge in [0.1, 0.15) is 0 Å². The topological polar surface area (TPSA) is 46.8 Å². The van der Waals surface area contributed by atoms with E-state index >= 15 is 0 Å². The van der Waals surface area contributed by atoms with Crippen molar-refractivity contribution < 1.29 is 0 Å². The SMILES string of the molecule is CCCCn1nnnc1CN(CC)c1ccccc1C. The molecule has 2 aromatic rings. The van der Waals surface area contributed by atoms with Gasteiger partial charge in [-0.1, -0.05) is 31.5 Å². The van der Waals surface area contributed by atoms with E-state index in [1.54, 1.807) is 0 Å². The van der Waals surface area contributed by atoms with Crippen molar-refractivity contribution in [1.82, 2.24) is 20.2 Å². The average molecular weight is 273 g/mol. The first-order valence-corrected chi connectivity index (χ1v) is 7.31. The van der Waals surface area contributed by atoms with Crippen LogP contribution in [0.25, 0.3) is 0 Å². The highest BCUT2D eigenvalue weighted by Gasteiger charge is 2.12. The van der Waals surface area contributed by atoms with Crippen LogP contribution in [0.15, 0.2) is 24.3 Å². The van der Waals surface area contributed by atoms with Crippen molar-refractivity contribution in [2.75, 3.05) is 11.4 Å². The molecule has 1 aromatic heterocycles. The third kappa shape index (κ3) is 3.35. The summed E-state index contributed by atoms with van der Waals surface area (Å²) in [5.74, 6) is 0.934. The van der Waals surface area contributed by atoms with Crippen LogP contribution in [0.4, 0.5) is 5.69 Å². The number of nitrogens with zero attached hydrogens (tertiary/aromatic N) is 5. The third-order valence-electron chi connectivity index (χ3n) is 3.50. The fourth-order valence-corrected chi connectivity index (χ4v) is 2.27. The van der Waals surface area contributed by atoms with Gasteiger partial charge in [-0.3, -0.25) is 0 Å². The molecule has 0 unspecified atom stereocenters. The van der Waals surface area contributed by atoms with Gasteiger partial charge in [0.25, 0.3) is 0 Å². The molecule has 0 spiro atoms. The Kier molecular flexibility index (Phi) is 5.09. The maximum absolute atomic E-state index is 4.17. The summed E-state index contributed by atoms with van der Waals surface area (Å²) in [7, 11) is 0. The van der Waals surface area contributed by atoms with E-state index in [0.717, 1.165) is 38.3 Å². The van der Waals surface area contributed by atoms with Crippen LogP contribution in [0.5, 0.6) is 0 Å². The second-order valence-electron chi connectivity index (χ2n) is 4.97. The second kappa shape index (κ2) is 7.03. The minimum absolute atomic E-state index is 0.748. The zero-order chi connectivity index (χ0) is 14.4. The molecule has 0 N–H and O–H groups in total. The lowest BCUT2D eigenvalue weighted by Crippen LogP contribution is -2.25. The minimum atomic E-state index is 0.748. The first-order valence-electron chi connectivity index (χ1n) is 7.31. The van der Waals surface area contributed by atoms with Crippen molar-refractivity contribution in [3.8, 4) is 0 Å². The van der Waals surface area contributed by atoms with E-state index in [1.807, 2.05) is 4.68 Å². The first kappa shape index (κ1) is 14.5. The molecule has 5 heteroatoms. The molecule has 0 aliphatic heterocycles. The van der Waals surface area contributed by atoms with Crippen LogP contribution in [-0.4, -0.2) is 26.8 Å². The number of anilines is 1. The van der Waals surface area contributed by atoms with Crippen LogP contribution < -0.4 is 4.90 Å². The number of rotatable bonds is 7. The largest absolute Gasteiger partial charge is 0.364 e. The van der Waals surface area contributed by atoms with Crippen LogP contribution in [0.2, 0.25) is 0 Å². The molecule has 0 radical (unpaired) electrons. The normalized spacial score (nSPS) is 10.8. The molecule has 0 fully saturated rings. The lowest BCUT2D eigenvalue weighted by atomic mass is 10.2. The van der Waals surface area contributed by atoms with Gasteiger partial charge < -0.3 is 4.90 Å². The Morgan fingerprint density at radius 1 is 1.20 bits per heavy atom. The van der Waals surface area contributed by atoms with Crippen molar-refractivity contribution in [2.45, 2.75) is 46.7 Å². The summed E-state index contributed by atoms with van der Waals surface area (Å²) in [6.45, 7) is 9.05. The van der Waals surface area contributed by atoms with Gasteiger partial charge in [0.15, 0.2) is 5.82 Å². The number of benzene rings is 1. The van der Waals surface area contributed by atoms with Crippen molar-refractivity contribution in [1.29, 1.82) is 0 Å². The van der Waals surface area contributed by atoms with Gasteiger partial charge >= 0.3 is 0 Å². The summed E-state index contributed by atoms with van der Waals surface area (Å²) in [5.41, 5.74) is 2.53. The van der Waals surface area contributed by atoms with Gasteiger partial charge in [-0.25, -0.2) is 4.68 Å². The summed E-state index contributed by atoms with van der Waals surface area (Å²) < 4.78 is 1.92. The number of para-hydroxylation sites is 1. The van der Waals surface area contributed by atoms with Crippen molar-refractivity contribution in [3.63, 3.8) is 0 Å². The Morgan fingerprint density at radius 2 is 2.00 bits per heavy atom. The molecule has 0 atom stereocenters. The van der Waals surface area contributed by atoms with Gasteiger partial charge in [-0.2, -0.15) is 0 Å². The molecule has 1 heterocycles. The highest BCUT2D eigenvalue weighted by Crippen LogP contribution is 2.20. The maximum atomic E-state index is 4.17. The molecule has 108 valence electrons. The summed E-state index contributed by atoms with van der Waals surface area (Å²) in [4.78, 5) is 2.31. The molecule has 20 heavy (non-hydrogen) atoms. The molecule has 5 nitrogen and oxygen atoms in total. The Hall–Kier alpha value is -1.91. The van der Waals surface area contributed by atoms with Gasteiger partial charge in [0, 0.05) is 18.8 Å². The van der Waals surface area contributed by atoms with Gasteiger partial charge in [-0.05, 0) is 42.3 Å². The number of aryl methyl sites for hydroxylation is 2. The fraction of sp³-hybridized carbons (Fsp3) is 0.533. The van der Waals surface area contributed by atoms with Crippen LogP contribution >= 0.6 is 0 Å².